The van der Waals surface area contributed by atoms with Crippen LogP contribution in [0.2, 0.25) is 0 Å². The number of nitrogens with one attached hydrogen (secondary N) is 1. The zero-order valence-corrected chi connectivity index (χ0v) is 16.4. The first kappa shape index (κ1) is 18.6. The summed E-state index contributed by atoms with van der Waals surface area (Å²) in [7, 11) is 0. The second kappa shape index (κ2) is 6.82. The molecular weight excluding hydrogens is 386 g/mol. The highest BCUT2D eigenvalue weighted by atomic mass is 16.8. The van der Waals surface area contributed by atoms with E-state index >= 15 is 0 Å². The number of hydrogen-bond acceptors (Lipinski definition) is 7. The maximum Gasteiger partial charge on any atom is 0.256 e. The fraction of sp³-hybridized carbons (Fsp3) is 0.286. The standard InChI is InChI=1S/C21H19N5O4/c1-21(2)29-16-13(9-27)8-14(17(16)30-21)26-11-24-15-18(22-10-23-19(15)26)25-20(28)12-6-4-3-5-7-12/h3-11,14,16-17H,1-2H3,(H,22,23,25,28)/t14-,16-,17+/m1/s1. The first-order valence-corrected chi connectivity index (χ1v) is 9.53. The van der Waals surface area contributed by atoms with Gasteiger partial charge in [-0.2, -0.15) is 0 Å². The quantitative estimate of drug-likeness (QED) is 0.664. The van der Waals surface area contributed by atoms with Crippen LogP contribution in [0.15, 0.2) is 54.6 Å². The number of carbonyl (C=O) groups excluding carboxylic acids is 2. The number of carbonyl (C=O) groups is 2. The van der Waals surface area contributed by atoms with Gasteiger partial charge in [-0.25, -0.2) is 15.0 Å². The van der Waals surface area contributed by atoms with E-state index in [1.54, 1.807) is 30.6 Å². The average Bonchev–Trinajstić information content (AvgIpc) is 3.39. The van der Waals surface area contributed by atoms with Crippen LogP contribution in [0.1, 0.15) is 30.2 Å². The molecular formula is C21H19N5O4. The molecule has 9 heteroatoms. The van der Waals surface area contributed by atoms with Crippen molar-refractivity contribution in [3.63, 3.8) is 0 Å². The molecule has 30 heavy (non-hydrogen) atoms. The molecule has 0 bridgehead atoms. The number of aromatic nitrogens is 4. The van der Waals surface area contributed by atoms with Crippen LogP contribution >= 0.6 is 0 Å². The van der Waals surface area contributed by atoms with Gasteiger partial charge in [-0.15, -0.1) is 0 Å². The first-order chi connectivity index (χ1) is 14.5. The van der Waals surface area contributed by atoms with E-state index in [9.17, 15) is 9.59 Å². The maximum absolute atomic E-state index is 12.5. The molecule has 1 N–H and O–H groups in total. The van der Waals surface area contributed by atoms with E-state index in [0.29, 0.717) is 28.1 Å². The Morgan fingerprint density at radius 2 is 1.97 bits per heavy atom. The average molecular weight is 405 g/mol. The smallest absolute Gasteiger partial charge is 0.256 e. The number of rotatable bonds is 4. The first-order valence-electron chi connectivity index (χ1n) is 9.53. The summed E-state index contributed by atoms with van der Waals surface area (Å²) in [5, 5.41) is 2.79. The molecule has 1 saturated heterocycles. The van der Waals surface area contributed by atoms with Crippen molar-refractivity contribution in [2.45, 2.75) is 37.9 Å². The normalized spacial score (nSPS) is 24.5. The molecule has 3 heterocycles. The largest absolute Gasteiger partial charge is 0.342 e. The van der Waals surface area contributed by atoms with Crippen LogP contribution < -0.4 is 5.32 Å². The lowest BCUT2D eigenvalue weighted by molar-refractivity contribution is -0.148. The van der Waals surface area contributed by atoms with Crippen molar-refractivity contribution in [1.82, 2.24) is 19.5 Å². The molecule has 152 valence electrons. The minimum atomic E-state index is -0.795. The van der Waals surface area contributed by atoms with Gasteiger partial charge in [0.05, 0.1) is 12.4 Å². The predicted octanol–water partition coefficient (Wildman–Crippen LogP) is 2.28. The summed E-state index contributed by atoms with van der Waals surface area (Å²) < 4.78 is 13.8. The highest BCUT2D eigenvalue weighted by molar-refractivity contribution is 6.06. The van der Waals surface area contributed by atoms with Gasteiger partial charge in [0.2, 0.25) is 0 Å². The summed E-state index contributed by atoms with van der Waals surface area (Å²) in [6.45, 7) is 3.63. The van der Waals surface area contributed by atoms with E-state index in [-0.39, 0.29) is 18.1 Å². The number of anilines is 1. The second-order valence-corrected chi connectivity index (χ2v) is 7.66. The number of aldehydes is 1. The van der Waals surface area contributed by atoms with E-state index < -0.39 is 11.9 Å². The number of ether oxygens (including phenoxy) is 2. The Balaban J connectivity index is 1.50. The molecule has 1 amide bonds. The molecule has 2 aromatic heterocycles. The summed E-state index contributed by atoms with van der Waals surface area (Å²) in [6.07, 6.45) is 4.76. The highest BCUT2D eigenvalue weighted by Gasteiger charge is 2.50. The van der Waals surface area contributed by atoms with E-state index in [0.717, 1.165) is 6.29 Å². The van der Waals surface area contributed by atoms with Crippen molar-refractivity contribution in [3.05, 3.63) is 60.2 Å². The minimum Gasteiger partial charge on any atom is -0.342 e. The Morgan fingerprint density at radius 1 is 1.17 bits per heavy atom. The van der Waals surface area contributed by atoms with Crippen molar-refractivity contribution in [1.29, 1.82) is 0 Å². The van der Waals surface area contributed by atoms with Gasteiger partial charge in [0.1, 0.15) is 24.8 Å². The lowest BCUT2D eigenvalue weighted by Crippen LogP contribution is -2.28. The second-order valence-electron chi connectivity index (χ2n) is 7.66. The number of amides is 1. The number of nitrogens with zero attached hydrogens (tertiary/aromatic N) is 4. The molecule has 3 atom stereocenters. The summed E-state index contributed by atoms with van der Waals surface area (Å²) in [5.74, 6) is -0.773. The SMILES string of the molecule is CC1(C)O[C@@H]2[C@H](O1)C(C=O)=C[C@H]2n1cnc2c(NC(=O)c3ccccc3)ncnc21. The van der Waals surface area contributed by atoms with Crippen molar-refractivity contribution < 1.29 is 19.1 Å². The van der Waals surface area contributed by atoms with Crippen molar-refractivity contribution in [3.8, 4) is 0 Å². The third-order valence-corrected chi connectivity index (χ3v) is 5.24. The molecule has 1 aromatic carbocycles. The van der Waals surface area contributed by atoms with Gasteiger partial charge in [0.25, 0.3) is 5.91 Å². The van der Waals surface area contributed by atoms with Gasteiger partial charge >= 0.3 is 0 Å². The Bertz CT molecular complexity index is 1170. The van der Waals surface area contributed by atoms with Crippen molar-refractivity contribution in [2.75, 3.05) is 5.32 Å². The van der Waals surface area contributed by atoms with Crippen LogP contribution in [-0.2, 0) is 14.3 Å². The molecule has 5 rings (SSSR count). The van der Waals surface area contributed by atoms with Crippen LogP contribution in [0.3, 0.4) is 0 Å². The summed E-state index contributed by atoms with van der Waals surface area (Å²) in [4.78, 5) is 37.0. The maximum atomic E-state index is 12.5. The number of fused-ring (bicyclic) bond motifs is 2. The Kier molecular flexibility index (Phi) is 4.23. The molecule has 2 aliphatic rings. The van der Waals surface area contributed by atoms with Crippen molar-refractivity contribution in [2.24, 2.45) is 0 Å². The summed E-state index contributed by atoms with van der Waals surface area (Å²) >= 11 is 0. The molecule has 0 spiro atoms. The lowest BCUT2D eigenvalue weighted by atomic mass is 10.1. The Labute approximate surface area is 171 Å². The third kappa shape index (κ3) is 2.99. The summed E-state index contributed by atoms with van der Waals surface area (Å²) in [6, 6.07) is 8.53. The fourth-order valence-corrected chi connectivity index (χ4v) is 3.96. The van der Waals surface area contributed by atoms with Crippen LogP contribution in [0.25, 0.3) is 11.2 Å². The van der Waals surface area contributed by atoms with Gasteiger partial charge in [0, 0.05) is 11.1 Å². The molecule has 0 unspecified atom stereocenters. The van der Waals surface area contributed by atoms with E-state index in [1.165, 1.54) is 6.33 Å². The molecule has 9 nitrogen and oxygen atoms in total. The number of hydrogen-bond donors (Lipinski definition) is 1. The summed E-state index contributed by atoms with van der Waals surface area (Å²) in [5.41, 5.74) is 2.02. The molecule has 1 fully saturated rings. The lowest BCUT2D eigenvalue weighted by Gasteiger charge is -2.21. The highest BCUT2D eigenvalue weighted by Crippen LogP contribution is 2.43. The Hall–Kier alpha value is -3.43. The van der Waals surface area contributed by atoms with Crippen LogP contribution in [0, 0.1) is 0 Å². The number of imidazole rings is 1. The van der Waals surface area contributed by atoms with Gasteiger partial charge in [-0.3, -0.25) is 9.59 Å². The topological polar surface area (TPSA) is 108 Å². The monoisotopic (exact) mass is 405 g/mol. The molecule has 3 aromatic rings. The molecule has 0 radical (unpaired) electrons. The predicted molar refractivity (Wildman–Crippen MR) is 107 cm³/mol. The fourth-order valence-electron chi connectivity index (χ4n) is 3.96. The molecule has 1 aliphatic heterocycles. The van der Waals surface area contributed by atoms with E-state index in [2.05, 4.69) is 20.3 Å². The van der Waals surface area contributed by atoms with Gasteiger partial charge in [-0.05, 0) is 32.1 Å². The van der Waals surface area contributed by atoms with E-state index in [4.69, 9.17) is 9.47 Å². The van der Waals surface area contributed by atoms with Gasteiger partial charge < -0.3 is 19.4 Å². The minimum absolute atomic E-state index is 0.288. The van der Waals surface area contributed by atoms with E-state index in [1.807, 2.05) is 30.6 Å². The number of benzene rings is 1. The van der Waals surface area contributed by atoms with Crippen LogP contribution in [0.5, 0.6) is 0 Å². The Morgan fingerprint density at radius 3 is 2.73 bits per heavy atom. The van der Waals surface area contributed by atoms with Gasteiger partial charge in [0.15, 0.2) is 22.8 Å². The molecule has 1 aliphatic carbocycles. The van der Waals surface area contributed by atoms with Crippen molar-refractivity contribution >= 4 is 29.2 Å². The zero-order chi connectivity index (χ0) is 20.9. The third-order valence-electron chi connectivity index (χ3n) is 5.24. The zero-order valence-electron chi connectivity index (χ0n) is 16.4. The van der Waals surface area contributed by atoms with Gasteiger partial charge in [-0.1, -0.05) is 18.2 Å². The molecule has 0 saturated carbocycles. The van der Waals surface area contributed by atoms with Crippen LogP contribution in [-0.4, -0.2) is 49.7 Å². The van der Waals surface area contributed by atoms with Crippen LogP contribution in [0.4, 0.5) is 5.82 Å².